The molecule has 0 radical (unpaired) electrons. The quantitative estimate of drug-likeness (QED) is 0.685. The van der Waals surface area contributed by atoms with E-state index in [4.69, 9.17) is 9.63 Å². The Kier molecular flexibility index (Phi) is 2.19. The Labute approximate surface area is 67.6 Å². The van der Waals surface area contributed by atoms with Gasteiger partial charge in [0.15, 0.2) is 0 Å². The molecule has 0 aliphatic carbocycles. The van der Waals surface area contributed by atoms with Crippen LogP contribution in [0.15, 0.2) is 9.62 Å². The highest BCUT2D eigenvalue weighted by atomic mass is 32.2. The number of nitrogens with zero attached hydrogens (tertiary/aromatic N) is 1. The number of thioether (sulfide) groups is 1. The Morgan fingerprint density at radius 3 is 2.73 bits per heavy atom. The van der Waals surface area contributed by atoms with E-state index in [1.807, 2.05) is 0 Å². The molecule has 0 unspecified atom stereocenters. The Hall–Kier alpha value is -0.970. The fourth-order valence-corrected chi connectivity index (χ4v) is 1.28. The summed E-state index contributed by atoms with van der Waals surface area (Å²) in [6, 6.07) is 0. The van der Waals surface area contributed by atoms with E-state index in [-0.39, 0.29) is 5.56 Å². The summed E-state index contributed by atoms with van der Waals surface area (Å²) in [5.41, 5.74) is 0.583. The first-order valence-corrected chi connectivity index (χ1v) is 4.13. The van der Waals surface area contributed by atoms with E-state index in [0.717, 1.165) is 0 Å². The van der Waals surface area contributed by atoms with E-state index in [9.17, 15) is 4.79 Å². The first-order chi connectivity index (χ1) is 5.16. The second-order valence-corrected chi connectivity index (χ2v) is 2.72. The van der Waals surface area contributed by atoms with E-state index in [1.165, 1.54) is 11.8 Å². The van der Waals surface area contributed by atoms with Gasteiger partial charge in [0, 0.05) is 0 Å². The summed E-state index contributed by atoms with van der Waals surface area (Å²) in [6.45, 7) is 1.60. The van der Waals surface area contributed by atoms with Gasteiger partial charge >= 0.3 is 5.97 Å². The number of rotatable bonds is 2. The second-order valence-electron chi connectivity index (χ2n) is 1.94. The molecule has 1 N–H and O–H groups in total. The Morgan fingerprint density at radius 1 is 1.73 bits per heavy atom. The summed E-state index contributed by atoms with van der Waals surface area (Å²) in [5, 5.41) is 12.5. The number of hydrogen-bond donors (Lipinski definition) is 1. The van der Waals surface area contributed by atoms with Gasteiger partial charge in [0.25, 0.3) is 0 Å². The number of aromatic nitrogens is 1. The van der Waals surface area contributed by atoms with Crippen LogP contribution in [-0.4, -0.2) is 22.5 Å². The lowest BCUT2D eigenvalue weighted by Gasteiger charge is -1.89. The second kappa shape index (κ2) is 2.96. The normalized spacial score (nSPS) is 10.0. The van der Waals surface area contributed by atoms with Gasteiger partial charge in [0.05, 0.1) is 5.69 Å². The molecule has 1 aromatic heterocycles. The molecule has 60 valence electrons. The third-order valence-electron chi connectivity index (χ3n) is 1.23. The van der Waals surface area contributed by atoms with Crippen molar-refractivity contribution < 1.29 is 14.4 Å². The average molecular weight is 173 g/mol. The summed E-state index contributed by atoms with van der Waals surface area (Å²) >= 11 is 1.23. The van der Waals surface area contributed by atoms with Crippen molar-refractivity contribution in [1.82, 2.24) is 5.16 Å². The molecule has 0 fully saturated rings. The number of aryl methyl sites for hydroxylation is 1. The third kappa shape index (κ3) is 1.37. The van der Waals surface area contributed by atoms with Gasteiger partial charge in [-0.3, -0.25) is 0 Å². The van der Waals surface area contributed by atoms with Crippen LogP contribution < -0.4 is 0 Å². The molecule has 0 atom stereocenters. The minimum absolute atomic E-state index is 0.164. The molecule has 1 aromatic rings. The first-order valence-electron chi connectivity index (χ1n) is 2.90. The third-order valence-corrected chi connectivity index (χ3v) is 1.88. The zero-order valence-electron chi connectivity index (χ0n) is 6.12. The van der Waals surface area contributed by atoms with Crippen molar-refractivity contribution in [2.24, 2.45) is 0 Å². The molecule has 0 aromatic carbocycles. The zero-order chi connectivity index (χ0) is 8.43. The fourth-order valence-electron chi connectivity index (χ4n) is 0.730. The predicted molar refractivity (Wildman–Crippen MR) is 40.0 cm³/mol. The van der Waals surface area contributed by atoms with E-state index >= 15 is 0 Å². The van der Waals surface area contributed by atoms with Gasteiger partial charge in [-0.1, -0.05) is 16.9 Å². The van der Waals surface area contributed by atoms with Crippen LogP contribution in [0, 0.1) is 6.92 Å². The SMILES string of the molecule is CSc1onc(C)c1C(=O)O. The summed E-state index contributed by atoms with van der Waals surface area (Å²) in [4.78, 5) is 10.5. The largest absolute Gasteiger partial charge is 0.477 e. The minimum Gasteiger partial charge on any atom is -0.477 e. The van der Waals surface area contributed by atoms with Crippen LogP contribution in [0.2, 0.25) is 0 Å². The maximum Gasteiger partial charge on any atom is 0.342 e. The minimum atomic E-state index is -0.992. The van der Waals surface area contributed by atoms with Crippen LogP contribution >= 0.6 is 11.8 Å². The predicted octanol–water partition coefficient (Wildman–Crippen LogP) is 1.40. The molecule has 0 saturated carbocycles. The number of carboxylic acid groups (broad SMARTS) is 1. The van der Waals surface area contributed by atoms with Crippen molar-refractivity contribution in [2.75, 3.05) is 6.26 Å². The molecule has 1 heterocycles. The molecule has 4 nitrogen and oxygen atoms in total. The van der Waals surface area contributed by atoms with E-state index < -0.39 is 5.97 Å². The molecule has 1 rings (SSSR count). The number of hydrogen-bond acceptors (Lipinski definition) is 4. The van der Waals surface area contributed by atoms with Gasteiger partial charge < -0.3 is 9.63 Å². The summed E-state index contributed by atoms with van der Waals surface area (Å²) in [6.07, 6.45) is 1.74. The van der Waals surface area contributed by atoms with Gasteiger partial charge in [-0.25, -0.2) is 4.79 Å². The summed E-state index contributed by atoms with van der Waals surface area (Å²) < 4.78 is 4.74. The van der Waals surface area contributed by atoms with Crippen LogP contribution in [0.25, 0.3) is 0 Å². The molecule has 0 bridgehead atoms. The molecule has 0 spiro atoms. The van der Waals surface area contributed by atoms with Crippen LogP contribution in [0.4, 0.5) is 0 Å². The lowest BCUT2D eigenvalue weighted by Crippen LogP contribution is -1.97. The lowest BCUT2D eigenvalue weighted by atomic mass is 10.3. The van der Waals surface area contributed by atoms with Crippen molar-refractivity contribution in [3.63, 3.8) is 0 Å². The van der Waals surface area contributed by atoms with Crippen molar-refractivity contribution in [3.05, 3.63) is 11.3 Å². The summed E-state index contributed by atoms with van der Waals surface area (Å²) in [7, 11) is 0. The van der Waals surface area contributed by atoms with Crippen LogP contribution in [0.3, 0.4) is 0 Å². The topological polar surface area (TPSA) is 63.3 Å². The van der Waals surface area contributed by atoms with E-state index in [0.29, 0.717) is 10.8 Å². The van der Waals surface area contributed by atoms with Gasteiger partial charge in [0.2, 0.25) is 5.09 Å². The monoisotopic (exact) mass is 173 g/mol. The van der Waals surface area contributed by atoms with Crippen LogP contribution in [0.5, 0.6) is 0 Å². The highest BCUT2D eigenvalue weighted by Crippen LogP contribution is 2.22. The highest BCUT2D eigenvalue weighted by molar-refractivity contribution is 7.98. The molecular formula is C6H7NO3S. The van der Waals surface area contributed by atoms with Crippen molar-refractivity contribution in [3.8, 4) is 0 Å². The van der Waals surface area contributed by atoms with Gasteiger partial charge in [-0.15, -0.1) is 0 Å². The molecule has 11 heavy (non-hydrogen) atoms. The number of carbonyl (C=O) groups is 1. The molecular weight excluding hydrogens is 166 g/mol. The molecule has 0 saturated heterocycles. The molecule has 0 amide bonds. The molecule has 0 aliphatic rings. The fraction of sp³-hybridized carbons (Fsp3) is 0.333. The van der Waals surface area contributed by atoms with E-state index in [1.54, 1.807) is 13.2 Å². The zero-order valence-corrected chi connectivity index (χ0v) is 6.94. The number of carboxylic acids is 1. The maximum absolute atomic E-state index is 10.5. The molecule has 5 heteroatoms. The maximum atomic E-state index is 10.5. The van der Waals surface area contributed by atoms with Crippen LogP contribution in [0.1, 0.15) is 16.1 Å². The average Bonchev–Trinajstić information content (AvgIpc) is 2.30. The van der Waals surface area contributed by atoms with Gasteiger partial charge in [0.1, 0.15) is 5.56 Å². The lowest BCUT2D eigenvalue weighted by molar-refractivity contribution is 0.0689. The summed E-state index contributed by atoms with van der Waals surface area (Å²) in [5.74, 6) is -0.992. The van der Waals surface area contributed by atoms with Gasteiger partial charge in [-0.05, 0) is 13.2 Å². The highest BCUT2D eigenvalue weighted by Gasteiger charge is 2.18. The van der Waals surface area contributed by atoms with Crippen molar-refractivity contribution in [1.29, 1.82) is 0 Å². The number of aromatic carboxylic acids is 1. The van der Waals surface area contributed by atoms with Crippen molar-refractivity contribution in [2.45, 2.75) is 12.0 Å². The van der Waals surface area contributed by atoms with Gasteiger partial charge in [-0.2, -0.15) is 0 Å². The first kappa shape index (κ1) is 8.13. The van der Waals surface area contributed by atoms with E-state index in [2.05, 4.69) is 5.16 Å². The Morgan fingerprint density at radius 2 is 2.36 bits per heavy atom. The van der Waals surface area contributed by atoms with Crippen LogP contribution in [-0.2, 0) is 0 Å². The Balaban J connectivity index is 3.17. The smallest absolute Gasteiger partial charge is 0.342 e. The Bertz CT molecular complexity index is 281. The standard InChI is InChI=1S/C6H7NO3S/c1-3-4(5(8)9)6(11-2)10-7-3/h1-2H3,(H,8,9). The molecule has 0 aliphatic heterocycles. The van der Waals surface area contributed by atoms with Crippen molar-refractivity contribution >= 4 is 17.7 Å².